The molecule has 0 radical (unpaired) electrons. The smallest absolute Gasteiger partial charge is 0.191 e. The summed E-state index contributed by atoms with van der Waals surface area (Å²) in [6, 6.07) is 2.19. The van der Waals surface area contributed by atoms with Crippen LogP contribution in [0.1, 0.15) is 31.2 Å². The Morgan fingerprint density at radius 2 is 2.13 bits per heavy atom. The lowest BCUT2D eigenvalue weighted by molar-refractivity contribution is -0.00501. The predicted octanol–water partition coefficient (Wildman–Crippen LogP) is 2.13. The summed E-state index contributed by atoms with van der Waals surface area (Å²) in [4.78, 5) is 6.69. The van der Waals surface area contributed by atoms with Gasteiger partial charge in [-0.1, -0.05) is 6.92 Å². The first-order chi connectivity index (χ1) is 11.1. The summed E-state index contributed by atoms with van der Waals surface area (Å²) >= 11 is 1.75. The summed E-state index contributed by atoms with van der Waals surface area (Å²) in [5.74, 6) is 1.35. The summed E-state index contributed by atoms with van der Waals surface area (Å²) in [6.45, 7) is 5.68. The van der Waals surface area contributed by atoms with Crippen molar-refractivity contribution in [2.24, 2.45) is 4.99 Å². The normalized spacial score (nSPS) is 19.6. The van der Waals surface area contributed by atoms with Crippen molar-refractivity contribution < 1.29 is 4.74 Å². The topological polar surface area (TPSA) is 48.9 Å². The number of likely N-dealkylation sites (N-methyl/N-ethyl adjacent to an activating group) is 1. The lowest BCUT2D eigenvalue weighted by Gasteiger charge is -2.43. The van der Waals surface area contributed by atoms with Gasteiger partial charge in [0.25, 0.3) is 0 Å². The number of rotatable bonds is 6. The van der Waals surface area contributed by atoms with Gasteiger partial charge in [0.2, 0.25) is 0 Å². The Labute approximate surface area is 144 Å². The molecular formula is C17H30N4OS. The van der Waals surface area contributed by atoms with Gasteiger partial charge in [-0.05, 0) is 55.2 Å². The summed E-state index contributed by atoms with van der Waals surface area (Å²) < 4.78 is 5.53. The Morgan fingerprint density at radius 1 is 1.39 bits per heavy atom. The van der Waals surface area contributed by atoms with Crippen LogP contribution in [0, 0.1) is 0 Å². The van der Waals surface area contributed by atoms with Gasteiger partial charge < -0.3 is 20.3 Å². The maximum atomic E-state index is 5.53. The molecule has 1 saturated heterocycles. The van der Waals surface area contributed by atoms with Gasteiger partial charge in [-0.25, -0.2) is 0 Å². The van der Waals surface area contributed by atoms with Crippen LogP contribution < -0.4 is 10.6 Å². The molecule has 1 unspecified atom stereocenters. The average molecular weight is 339 g/mol. The molecule has 130 valence electrons. The van der Waals surface area contributed by atoms with Crippen LogP contribution in [-0.4, -0.2) is 63.8 Å². The number of guanidine groups is 1. The average Bonchev–Trinajstić information content (AvgIpc) is 3.10. The molecule has 1 aliphatic rings. The van der Waals surface area contributed by atoms with E-state index in [9.17, 15) is 0 Å². The van der Waals surface area contributed by atoms with Gasteiger partial charge in [0.05, 0.1) is 0 Å². The molecule has 2 rings (SSSR count). The third-order valence-electron chi connectivity index (χ3n) is 4.87. The summed E-state index contributed by atoms with van der Waals surface area (Å²) in [5, 5.41) is 11.3. The van der Waals surface area contributed by atoms with Crippen LogP contribution in [0.15, 0.2) is 21.8 Å². The largest absolute Gasteiger partial charge is 0.381 e. The second-order valence-electron chi connectivity index (χ2n) is 6.50. The molecule has 2 N–H and O–H groups in total. The van der Waals surface area contributed by atoms with Crippen molar-refractivity contribution in [3.8, 4) is 0 Å². The summed E-state index contributed by atoms with van der Waals surface area (Å²) in [6.07, 6.45) is 2.10. The maximum Gasteiger partial charge on any atom is 0.191 e. The first-order valence-electron chi connectivity index (χ1n) is 8.29. The molecule has 0 amide bonds. The molecular weight excluding hydrogens is 308 g/mol. The highest BCUT2D eigenvalue weighted by Crippen LogP contribution is 2.25. The van der Waals surface area contributed by atoms with Crippen LogP contribution in [-0.2, 0) is 4.74 Å². The van der Waals surface area contributed by atoms with Crippen molar-refractivity contribution in [2.45, 2.75) is 31.2 Å². The Hall–Kier alpha value is -1.11. The van der Waals surface area contributed by atoms with Gasteiger partial charge in [0.15, 0.2) is 5.96 Å². The maximum absolute atomic E-state index is 5.53. The standard InChI is InChI=1S/C17H30N4OS/c1-14(15-5-10-23-12-15)11-19-16(18-2)20-13-17(21(3)4)6-8-22-9-7-17/h5,10,12,14H,6-9,11,13H2,1-4H3,(H2,18,19,20). The Kier molecular flexibility index (Phi) is 6.87. The number of hydrogen-bond donors (Lipinski definition) is 2. The van der Waals surface area contributed by atoms with Crippen molar-refractivity contribution >= 4 is 17.3 Å². The molecule has 1 aliphatic heterocycles. The molecule has 1 aromatic rings. The molecule has 6 heteroatoms. The Bertz CT molecular complexity index is 481. The summed E-state index contributed by atoms with van der Waals surface area (Å²) in [7, 11) is 6.14. The van der Waals surface area contributed by atoms with Crippen molar-refractivity contribution in [1.82, 2.24) is 15.5 Å². The fourth-order valence-corrected chi connectivity index (χ4v) is 3.71. The van der Waals surface area contributed by atoms with Gasteiger partial charge in [-0.3, -0.25) is 4.99 Å². The van der Waals surface area contributed by atoms with Crippen LogP contribution in [0.25, 0.3) is 0 Å². The number of thiophene rings is 1. The number of nitrogens with zero attached hydrogens (tertiary/aromatic N) is 2. The zero-order chi connectivity index (χ0) is 16.7. The van der Waals surface area contributed by atoms with Crippen molar-refractivity contribution in [3.63, 3.8) is 0 Å². The number of hydrogen-bond acceptors (Lipinski definition) is 4. The predicted molar refractivity (Wildman–Crippen MR) is 98.6 cm³/mol. The molecule has 5 nitrogen and oxygen atoms in total. The van der Waals surface area contributed by atoms with E-state index in [-0.39, 0.29) is 5.54 Å². The van der Waals surface area contributed by atoms with Crippen LogP contribution in [0.2, 0.25) is 0 Å². The molecule has 0 aliphatic carbocycles. The molecule has 0 bridgehead atoms. The first-order valence-corrected chi connectivity index (χ1v) is 9.23. The third kappa shape index (κ3) is 4.93. The highest BCUT2D eigenvalue weighted by Gasteiger charge is 2.34. The van der Waals surface area contributed by atoms with E-state index < -0.39 is 0 Å². The van der Waals surface area contributed by atoms with E-state index in [2.05, 4.69) is 58.4 Å². The first kappa shape index (κ1) is 18.2. The molecule has 1 fully saturated rings. The van der Waals surface area contributed by atoms with Crippen molar-refractivity contribution in [1.29, 1.82) is 0 Å². The molecule has 0 spiro atoms. The Balaban J connectivity index is 1.84. The highest BCUT2D eigenvalue weighted by molar-refractivity contribution is 7.07. The third-order valence-corrected chi connectivity index (χ3v) is 5.57. The van der Waals surface area contributed by atoms with Crippen LogP contribution in [0.3, 0.4) is 0 Å². The zero-order valence-electron chi connectivity index (χ0n) is 14.8. The lowest BCUT2D eigenvalue weighted by Crippen LogP contribution is -2.57. The molecule has 1 aromatic heterocycles. The SMILES string of the molecule is CN=C(NCC(C)c1ccsc1)NCC1(N(C)C)CCOCC1. The lowest BCUT2D eigenvalue weighted by atomic mass is 9.88. The van der Waals surface area contributed by atoms with Gasteiger partial charge >= 0.3 is 0 Å². The van der Waals surface area contributed by atoms with E-state index in [1.165, 1.54) is 5.56 Å². The summed E-state index contributed by atoms with van der Waals surface area (Å²) in [5.41, 5.74) is 1.53. The second kappa shape index (κ2) is 8.66. The Morgan fingerprint density at radius 3 is 2.70 bits per heavy atom. The quantitative estimate of drug-likeness (QED) is 0.616. The van der Waals surface area contributed by atoms with Gasteiger partial charge in [-0.2, -0.15) is 11.3 Å². The minimum atomic E-state index is 0.148. The monoisotopic (exact) mass is 338 g/mol. The van der Waals surface area contributed by atoms with E-state index in [0.717, 1.165) is 45.1 Å². The number of aliphatic imine (C=N–C) groups is 1. The molecule has 23 heavy (non-hydrogen) atoms. The van der Waals surface area contributed by atoms with Crippen molar-refractivity contribution in [3.05, 3.63) is 22.4 Å². The van der Waals surface area contributed by atoms with Crippen molar-refractivity contribution in [2.75, 3.05) is 47.4 Å². The fourth-order valence-electron chi connectivity index (χ4n) is 2.93. The van der Waals surface area contributed by atoms with E-state index in [4.69, 9.17) is 4.74 Å². The van der Waals surface area contributed by atoms with Gasteiger partial charge in [0.1, 0.15) is 0 Å². The van der Waals surface area contributed by atoms with E-state index >= 15 is 0 Å². The van der Waals surface area contributed by atoms with Gasteiger partial charge in [-0.15, -0.1) is 0 Å². The molecule has 2 heterocycles. The van der Waals surface area contributed by atoms with E-state index in [0.29, 0.717) is 5.92 Å². The zero-order valence-corrected chi connectivity index (χ0v) is 15.6. The minimum Gasteiger partial charge on any atom is -0.381 e. The van der Waals surface area contributed by atoms with Gasteiger partial charge in [0, 0.05) is 38.9 Å². The van der Waals surface area contributed by atoms with E-state index in [1.807, 2.05) is 7.05 Å². The molecule has 0 aromatic carbocycles. The van der Waals surface area contributed by atoms with Crippen LogP contribution in [0.4, 0.5) is 0 Å². The fraction of sp³-hybridized carbons (Fsp3) is 0.706. The molecule has 0 saturated carbocycles. The number of ether oxygens (including phenoxy) is 1. The van der Waals surface area contributed by atoms with Crippen LogP contribution >= 0.6 is 11.3 Å². The molecule has 1 atom stereocenters. The minimum absolute atomic E-state index is 0.148. The number of nitrogens with one attached hydrogen (secondary N) is 2. The highest BCUT2D eigenvalue weighted by atomic mass is 32.1. The second-order valence-corrected chi connectivity index (χ2v) is 7.28. The van der Waals surface area contributed by atoms with E-state index in [1.54, 1.807) is 11.3 Å². The van der Waals surface area contributed by atoms with Crippen LogP contribution in [0.5, 0.6) is 0 Å².